The summed E-state index contributed by atoms with van der Waals surface area (Å²) in [6.07, 6.45) is 3.98. The van der Waals surface area contributed by atoms with Gasteiger partial charge >= 0.3 is 0 Å². The maximum Gasteiger partial charge on any atom is 0.227 e. The minimum atomic E-state index is -0.759. The Bertz CT molecular complexity index is 587. The summed E-state index contributed by atoms with van der Waals surface area (Å²) in [6.45, 7) is 0. The zero-order chi connectivity index (χ0) is 15.1. The summed E-state index contributed by atoms with van der Waals surface area (Å²) >= 11 is 7.57. The Morgan fingerprint density at radius 1 is 1.29 bits per heavy atom. The molecular formula is C14H17ClN2O2S2. The zero-order valence-electron chi connectivity index (χ0n) is 11.8. The Morgan fingerprint density at radius 2 is 2.05 bits per heavy atom. The van der Waals surface area contributed by atoms with Gasteiger partial charge in [0.1, 0.15) is 0 Å². The number of benzene rings is 1. The molecule has 1 aromatic heterocycles. The molecule has 1 unspecified atom stereocenters. The van der Waals surface area contributed by atoms with Crippen LogP contribution in [0.25, 0.3) is 0 Å². The lowest BCUT2D eigenvalue weighted by atomic mass is 10.3. The third-order valence-electron chi connectivity index (χ3n) is 2.74. The largest absolute Gasteiger partial charge is 0.339 e. The van der Waals surface area contributed by atoms with Crippen molar-refractivity contribution in [3.05, 3.63) is 41.0 Å². The smallest absolute Gasteiger partial charge is 0.227 e. The van der Waals surface area contributed by atoms with Gasteiger partial charge in [-0.3, -0.25) is 4.21 Å². The molecule has 0 bridgehead atoms. The van der Waals surface area contributed by atoms with Crippen molar-refractivity contribution in [2.24, 2.45) is 0 Å². The highest BCUT2D eigenvalue weighted by Crippen LogP contribution is 2.21. The van der Waals surface area contributed by atoms with Gasteiger partial charge in [0, 0.05) is 51.3 Å². The molecule has 2 rings (SSSR count). The number of aromatic nitrogens is 2. The van der Waals surface area contributed by atoms with Gasteiger partial charge in [-0.1, -0.05) is 16.8 Å². The maximum absolute atomic E-state index is 11.0. The molecule has 7 heteroatoms. The van der Waals surface area contributed by atoms with E-state index in [0.29, 0.717) is 23.9 Å². The van der Waals surface area contributed by atoms with Gasteiger partial charge in [0.25, 0.3) is 0 Å². The third-order valence-corrected chi connectivity index (χ3v) is 4.87. The van der Waals surface area contributed by atoms with E-state index in [9.17, 15) is 4.21 Å². The molecule has 114 valence electrons. The molecule has 0 N–H and O–H groups in total. The Kier molecular flexibility index (Phi) is 6.73. The SMILES string of the molecule is CS(=O)CCCc1noc(CCSc2ccc(Cl)cc2)n1. The molecule has 0 radical (unpaired) electrons. The maximum atomic E-state index is 11.0. The van der Waals surface area contributed by atoms with Gasteiger partial charge in [-0.15, -0.1) is 11.8 Å². The average molecular weight is 345 g/mol. The highest BCUT2D eigenvalue weighted by Gasteiger charge is 2.06. The van der Waals surface area contributed by atoms with Crippen molar-refractivity contribution in [2.45, 2.75) is 24.2 Å². The van der Waals surface area contributed by atoms with Gasteiger partial charge in [0.05, 0.1) is 0 Å². The molecule has 0 aliphatic carbocycles. The van der Waals surface area contributed by atoms with Crippen molar-refractivity contribution in [1.82, 2.24) is 10.1 Å². The van der Waals surface area contributed by atoms with E-state index in [0.717, 1.165) is 23.6 Å². The summed E-state index contributed by atoms with van der Waals surface area (Å²) in [4.78, 5) is 5.51. The van der Waals surface area contributed by atoms with E-state index >= 15 is 0 Å². The minimum absolute atomic E-state index is 0.657. The van der Waals surface area contributed by atoms with Crippen LogP contribution >= 0.6 is 23.4 Å². The van der Waals surface area contributed by atoms with Crippen LogP contribution in [0.15, 0.2) is 33.7 Å². The zero-order valence-corrected chi connectivity index (χ0v) is 14.1. The number of hydrogen-bond acceptors (Lipinski definition) is 5. The molecule has 0 saturated carbocycles. The fraction of sp³-hybridized carbons (Fsp3) is 0.429. The third kappa shape index (κ3) is 6.20. The highest BCUT2D eigenvalue weighted by molar-refractivity contribution is 7.99. The van der Waals surface area contributed by atoms with Crippen LogP contribution in [0, 0.1) is 0 Å². The molecule has 0 saturated heterocycles. The molecule has 0 aliphatic rings. The standard InChI is InChI=1S/C14H17ClN2O2S2/c1-21(18)10-2-3-13-16-14(19-17-13)8-9-20-12-6-4-11(15)5-7-12/h4-7H,2-3,8-10H2,1H3. The lowest BCUT2D eigenvalue weighted by Gasteiger charge is -1.99. The van der Waals surface area contributed by atoms with E-state index < -0.39 is 10.8 Å². The van der Waals surface area contributed by atoms with E-state index in [4.69, 9.17) is 16.1 Å². The van der Waals surface area contributed by atoms with Crippen molar-refractivity contribution in [1.29, 1.82) is 0 Å². The first-order valence-corrected chi connectivity index (χ1v) is 9.72. The first kappa shape index (κ1) is 16.5. The molecule has 0 fully saturated rings. The first-order valence-electron chi connectivity index (χ1n) is 6.63. The van der Waals surface area contributed by atoms with Crippen LogP contribution in [-0.4, -0.2) is 32.1 Å². The second kappa shape index (κ2) is 8.56. The molecule has 0 spiro atoms. The predicted molar refractivity (Wildman–Crippen MR) is 87.4 cm³/mol. The van der Waals surface area contributed by atoms with Gasteiger partial charge in [-0.25, -0.2) is 0 Å². The number of halogens is 1. The Hall–Kier alpha value is -0.850. The molecule has 4 nitrogen and oxygen atoms in total. The van der Waals surface area contributed by atoms with Gasteiger partial charge in [0.2, 0.25) is 5.89 Å². The van der Waals surface area contributed by atoms with Crippen LogP contribution in [0.2, 0.25) is 5.02 Å². The number of nitrogens with zero attached hydrogens (tertiary/aromatic N) is 2. The van der Waals surface area contributed by atoms with Crippen LogP contribution in [0.3, 0.4) is 0 Å². The summed E-state index contributed by atoms with van der Waals surface area (Å²) in [5.74, 6) is 2.91. The number of hydrogen-bond donors (Lipinski definition) is 0. The van der Waals surface area contributed by atoms with Crippen LogP contribution in [0.5, 0.6) is 0 Å². The molecule has 0 amide bonds. The molecule has 1 atom stereocenters. The summed E-state index contributed by atoms with van der Waals surface area (Å²) in [6, 6.07) is 7.76. The second-order valence-electron chi connectivity index (χ2n) is 4.54. The second-order valence-corrected chi connectivity index (χ2v) is 7.70. The number of thioether (sulfide) groups is 1. The summed E-state index contributed by atoms with van der Waals surface area (Å²) in [5, 5.41) is 4.68. The Morgan fingerprint density at radius 3 is 2.76 bits per heavy atom. The van der Waals surface area contributed by atoms with Gasteiger partial charge in [-0.05, 0) is 30.7 Å². The van der Waals surface area contributed by atoms with Crippen molar-refractivity contribution >= 4 is 34.2 Å². The normalized spacial score (nSPS) is 12.5. The molecular weight excluding hydrogens is 328 g/mol. The van der Waals surface area contributed by atoms with E-state index in [2.05, 4.69) is 10.1 Å². The number of aryl methyl sites for hydroxylation is 2. The first-order chi connectivity index (χ1) is 10.1. The van der Waals surface area contributed by atoms with Crippen LogP contribution in [0.4, 0.5) is 0 Å². The minimum Gasteiger partial charge on any atom is -0.339 e. The average Bonchev–Trinajstić information content (AvgIpc) is 2.88. The van der Waals surface area contributed by atoms with Crippen LogP contribution in [0.1, 0.15) is 18.1 Å². The van der Waals surface area contributed by atoms with Crippen molar-refractivity contribution in [3.63, 3.8) is 0 Å². The summed E-state index contributed by atoms with van der Waals surface area (Å²) in [7, 11) is -0.759. The van der Waals surface area contributed by atoms with Gasteiger partial charge < -0.3 is 4.52 Å². The fourth-order valence-electron chi connectivity index (χ4n) is 1.71. The molecule has 0 aliphatic heterocycles. The predicted octanol–water partition coefficient (Wildman–Crippen LogP) is 3.37. The number of rotatable bonds is 8. The highest BCUT2D eigenvalue weighted by atomic mass is 35.5. The Balaban J connectivity index is 1.72. The van der Waals surface area contributed by atoms with E-state index in [-0.39, 0.29) is 0 Å². The molecule has 1 heterocycles. The van der Waals surface area contributed by atoms with E-state index in [1.807, 2.05) is 24.3 Å². The summed E-state index contributed by atoms with van der Waals surface area (Å²) in [5.41, 5.74) is 0. The molecule has 1 aromatic carbocycles. The molecule has 2 aromatic rings. The van der Waals surface area contributed by atoms with Crippen LogP contribution < -0.4 is 0 Å². The lowest BCUT2D eigenvalue weighted by Crippen LogP contribution is -1.98. The van der Waals surface area contributed by atoms with Crippen molar-refractivity contribution in [2.75, 3.05) is 17.8 Å². The van der Waals surface area contributed by atoms with E-state index in [1.165, 1.54) is 4.90 Å². The van der Waals surface area contributed by atoms with E-state index in [1.54, 1.807) is 18.0 Å². The van der Waals surface area contributed by atoms with Gasteiger partial charge in [-0.2, -0.15) is 4.98 Å². The quantitative estimate of drug-likeness (QED) is 0.687. The Labute approximate surface area is 136 Å². The monoisotopic (exact) mass is 344 g/mol. The lowest BCUT2D eigenvalue weighted by molar-refractivity contribution is 0.377. The molecule has 21 heavy (non-hydrogen) atoms. The van der Waals surface area contributed by atoms with Gasteiger partial charge in [0.15, 0.2) is 5.82 Å². The topological polar surface area (TPSA) is 56.0 Å². The van der Waals surface area contributed by atoms with Crippen LogP contribution in [-0.2, 0) is 23.6 Å². The van der Waals surface area contributed by atoms with Crippen molar-refractivity contribution < 1.29 is 8.73 Å². The van der Waals surface area contributed by atoms with Crippen molar-refractivity contribution in [3.8, 4) is 0 Å². The fourth-order valence-corrected chi connectivity index (χ4v) is 3.23. The summed E-state index contributed by atoms with van der Waals surface area (Å²) < 4.78 is 16.2.